The molecular formula is C16H14N2O2. The van der Waals surface area contributed by atoms with Crippen molar-refractivity contribution in [1.29, 1.82) is 5.26 Å². The van der Waals surface area contributed by atoms with Crippen LogP contribution in [0.5, 0.6) is 5.75 Å². The van der Waals surface area contributed by atoms with E-state index in [-0.39, 0.29) is 0 Å². The van der Waals surface area contributed by atoms with Gasteiger partial charge in [-0.25, -0.2) is 0 Å². The van der Waals surface area contributed by atoms with Crippen LogP contribution < -0.4 is 10.5 Å². The maximum atomic E-state index is 10.9. The second kappa shape index (κ2) is 5.89. The third kappa shape index (κ3) is 3.15. The minimum atomic E-state index is -0.657. The van der Waals surface area contributed by atoms with Crippen LogP contribution in [0.25, 0.3) is 11.1 Å². The molecule has 0 aliphatic carbocycles. The summed E-state index contributed by atoms with van der Waals surface area (Å²) in [4.78, 5) is 10.9. The van der Waals surface area contributed by atoms with E-state index in [9.17, 15) is 4.79 Å². The van der Waals surface area contributed by atoms with Crippen LogP contribution in [0.2, 0.25) is 0 Å². The average molecular weight is 266 g/mol. The number of amides is 1. The maximum absolute atomic E-state index is 10.9. The van der Waals surface area contributed by atoms with Crippen molar-refractivity contribution in [1.82, 2.24) is 0 Å². The number of nitriles is 1. The van der Waals surface area contributed by atoms with Gasteiger partial charge in [0.25, 0.3) is 5.91 Å². The van der Waals surface area contributed by atoms with Crippen LogP contribution in [0.1, 0.15) is 12.5 Å². The van der Waals surface area contributed by atoms with Gasteiger partial charge in [-0.3, -0.25) is 4.79 Å². The van der Waals surface area contributed by atoms with E-state index >= 15 is 0 Å². The fourth-order valence-corrected chi connectivity index (χ4v) is 1.73. The van der Waals surface area contributed by atoms with Gasteiger partial charge in [-0.15, -0.1) is 0 Å². The highest BCUT2D eigenvalue weighted by atomic mass is 16.5. The Labute approximate surface area is 117 Å². The lowest BCUT2D eigenvalue weighted by Crippen LogP contribution is -2.30. The summed E-state index contributed by atoms with van der Waals surface area (Å²) in [5, 5.41) is 8.76. The lowest BCUT2D eigenvalue weighted by molar-refractivity contribution is -0.123. The van der Waals surface area contributed by atoms with Gasteiger partial charge in [0.1, 0.15) is 5.75 Å². The lowest BCUT2D eigenvalue weighted by Gasteiger charge is -2.11. The highest BCUT2D eigenvalue weighted by Gasteiger charge is 2.09. The molecular weight excluding hydrogens is 252 g/mol. The number of ether oxygens (including phenoxy) is 1. The predicted octanol–water partition coefficient (Wildman–Crippen LogP) is 2.48. The molecule has 1 atom stereocenters. The molecule has 0 fully saturated rings. The molecule has 0 spiro atoms. The summed E-state index contributed by atoms with van der Waals surface area (Å²) in [7, 11) is 0. The van der Waals surface area contributed by atoms with Gasteiger partial charge < -0.3 is 10.5 Å². The molecule has 0 unspecified atom stereocenters. The van der Waals surface area contributed by atoms with E-state index in [1.165, 1.54) is 0 Å². The van der Waals surface area contributed by atoms with E-state index in [2.05, 4.69) is 6.07 Å². The monoisotopic (exact) mass is 266 g/mol. The standard InChI is InChI=1S/C16H14N2O2/c1-11(16(18)19)20-15-8-6-14(7-9-15)13-4-2-12(10-17)3-5-13/h2-9,11H,1H3,(H2,18,19)/t11-/m0/s1. The zero-order chi connectivity index (χ0) is 14.5. The molecule has 2 N–H and O–H groups in total. The molecule has 0 saturated carbocycles. The van der Waals surface area contributed by atoms with Crippen molar-refractivity contribution in [2.75, 3.05) is 0 Å². The largest absolute Gasteiger partial charge is 0.481 e. The number of benzene rings is 2. The van der Waals surface area contributed by atoms with E-state index in [4.69, 9.17) is 15.7 Å². The fourth-order valence-electron chi connectivity index (χ4n) is 1.73. The number of primary amides is 1. The molecule has 2 aromatic carbocycles. The molecule has 20 heavy (non-hydrogen) atoms. The molecule has 0 aliphatic rings. The van der Waals surface area contributed by atoms with Gasteiger partial charge in [0.15, 0.2) is 6.10 Å². The van der Waals surface area contributed by atoms with Crippen molar-refractivity contribution in [3.8, 4) is 22.9 Å². The van der Waals surface area contributed by atoms with E-state index in [0.29, 0.717) is 11.3 Å². The quantitative estimate of drug-likeness (QED) is 0.923. The van der Waals surface area contributed by atoms with Gasteiger partial charge in [-0.05, 0) is 42.3 Å². The number of hydrogen-bond donors (Lipinski definition) is 1. The summed E-state index contributed by atoms with van der Waals surface area (Å²) >= 11 is 0. The first-order valence-corrected chi connectivity index (χ1v) is 6.16. The van der Waals surface area contributed by atoms with Crippen LogP contribution in [0.4, 0.5) is 0 Å². The van der Waals surface area contributed by atoms with Crippen molar-refractivity contribution in [2.24, 2.45) is 5.73 Å². The molecule has 0 radical (unpaired) electrons. The number of carbonyl (C=O) groups is 1. The Hall–Kier alpha value is -2.80. The SMILES string of the molecule is C[C@H](Oc1ccc(-c2ccc(C#N)cc2)cc1)C(N)=O. The predicted molar refractivity (Wildman–Crippen MR) is 75.9 cm³/mol. The van der Waals surface area contributed by atoms with Crippen LogP contribution in [-0.2, 0) is 4.79 Å². The topological polar surface area (TPSA) is 76.1 Å². The molecule has 2 aromatic rings. The second-order valence-corrected chi connectivity index (χ2v) is 4.38. The van der Waals surface area contributed by atoms with E-state index in [1.54, 1.807) is 31.2 Å². The zero-order valence-corrected chi connectivity index (χ0v) is 11.0. The van der Waals surface area contributed by atoms with Crippen LogP contribution >= 0.6 is 0 Å². The second-order valence-electron chi connectivity index (χ2n) is 4.38. The van der Waals surface area contributed by atoms with Crippen LogP contribution in [0.15, 0.2) is 48.5 Å². The van der Waals surface area contributed by atoms with E-state index < -0.39 is 12.0 Å². The van der Waals surface area contributed by atoms with Crippen molar-refractivity contribution >= 4 is 5.91 Å². The number of nitrogens with zero attached hydrogens (tertiary/aromatic N) is 1. The Morgan fingerprint density at radius 2 is 1.60 bits per heavy atom. The van der Waals surface area contributed by atoms with Crippen molar-refractivity contribution in [2.45, 2.75) is 13.0 Å². The number of carbonyl (C=O) groups excluding carboxylic acids is 1. The number of nitrogens with two attached hydrogens (primary N) is 1. The van der Waals surface area contributed by atoms with Crippen LogP contribution in [-0.4, -0.2) is 12.0 Å². The Morgan fingerprint density at radius 3 is 2.05 bits per heavy atom. The van der Waals surface area contributed by atoms with Gasteiger partial charge in [-0.2, -0.15) is 5.26 Å². The lowest BCUT2D eigenvalue weighted by atomic mass is 10.0. The first-order valence-electron chi connectivity index (χ1n) is 6.16. The third-order valence-corrected chi connectivity index (χ3v) is 2.92. The van der Waals surface area contributed by atoms with Gasteiger partial charge >= 0.3 is 0 Å². The highest BCUT2D eigenvalue weighted by Crippen LogP contribution is 2.23. The summed E-state index contributed by atoms with van der Waals surface area (Å²) in [5.74, 6) is 0.0925. The summed E-state index contributed by atoms with van der Waals surface area (Å²) in [6.45, 7) is 1.61. The molecule has 4 heteroatoms. The van der Waals surface area contributed by atoms with Gasteiger partial charge in [-0.1, -0.05) is 24.3 Å². The molecule has 100 valence electrons. The highest BCUT2D eigenvalue weighted by molar-refractivity contribution is 5.78. The minimum Gasteiger partial charge on any atom is -0.481 e. The van der Waals surface area contributed by atoms with Crippen molar-refractivity contribution < 1.29 is 9.53 Å². The average Bonchev–Trinajstić information content (AvgIpc) is 2.48. The van der Waals surface area contributed by atoms with Crippen LogP contribution in [0.3, 0.4) is 0 Å². The summed E-state index contributed by atoms with van der Waals surface area (Å²) < 4.78 is 5.39. The zero-order valence-electron chi connectivity index (χ0n) is 11.0. The maximum Gasteiger partial charge on any atom is 0.258 e. The van der Waals surface area contributed by atoms with E-state index in [0.717, 1.165) is 11.1 Å². The fraction of sp³-hybridized carbons (Fsp3) is 0.125. The molecule has 0 bridgehead atoms. The number of rotatable bonds is 4. The third-order valence-electron chi connectivity index (χ3n) is 2.92. The molecule has 0 aromatic heterocycles. The summed E-state index contributed by atoms with van der Waals surface area (Å²) in [6, 6.07) is 16.8. The number of hydrogen-bond acceptors (Lipinski definition) is 3. The molecule has 4 nitrogen and oxygen atoms in total. The molecule has 2 rings (SSSR count). The Morgan fingerprint density at radius 1 is 1.10 bits per heavy atom. The van der Waals surface area contributed by atoms with Gasteiger partial charge in [0.2, 0.25) is 0 Å². The molecule has 0 heterocycles. The van der Waals surface area contributed by atoms with Crippen molar-refractivity contribution in [3.63, 3.8) is 0 Å². The first kappa shape index (κ1) is 13.6. The van der Waals surface area contributed by atoms with E-state index in [1.807, 2.05) is 24.3 Å². The van der Waals surface area contributed by atoms with Gasteiger partial charge in [0, 0.05) is 0 Å². The Bertz CT molecular complexity index is 640. The smallest absolute Gasteiger partial charge is 0.258 e. The Kier molecular flexibility index (Phi) is 4.02. The molecule has 0 saturated heterocycles. The minimum absolute atomic E-state index is 0.499. The summed E-state index contributed by atoms with van der Waals surface area (Å²) in [5.41, 5.74) is 7.79. The normalized spacial score (nSPS) is 11.4. The first-order chi connectivity index (χ1) is 9.60. The Balaban J connectivity index is 2.15. The summed E-state index contributed by atoms with van der Waals surface area (Å²) in [6.07, 6.45) is -0.657. The molecule has 0 aliphatic heterocycles. The van der Waals surface area contributed by atoms with Crippen LogP contribution in [0, 0.1) is 11.3 Å². The van der Waals surface area contributed by atoms with Gasteiger partial charge in [0.05, 0.1) is 11.6 Å². The van der Waals surface area contributed by atoms with Crippen molar-refractivity contribution in [3.05, 3.63) is 54.1 Å². The molecule has 1 amide bonds.